The van der Waals surface area contributed by atoms with Gasteiger partial charge < -0.3 is 18.9 Å². The van der Waals surface area contributed by atoms with Gasteiger partial charge in [0.15, 0.2) is 4.87 Å². The summed E-state index contributed by atoms with van der Waals surface area (Å²) in [5.74, 6) is 1.62. The molecule has 3 aromatic rings. The highest BCUT2D eigenvalue weighted by Gasteiger charge is 2.66. The van der Waals surface area contributed by atoms with Crippen molar-refractivity contribution in [3.05, 3.63) is 77.6 Å². The van der Waals surface area contributed by atoms with Crippen LogP contribution in [0, 0.1) is 12.3 Å². The standard InChI is InChI=1S/C27H30N2O3S/c1-18-15-22-23(29(18)19-11-13-20(31-4)14-12-19)16-26(2,3)17-28-25(30)24(27(22,28)33-5)32-21-9-7-6-8-10-21/h6-15,24H,16-17H2,1-5H3/t24-,27-/m0/s1. The van der Waals surface area contributed by atoms with E-state index in [9.17, 15) is 4.79 Å². The number of aryl methyl sites for hydroxylation is 1. The van der Waals surface area contributed by atoms with E-state index in [0.717, 1.165) is 29.3 Å². The maximum atomic E-state index is 13.4. The molecule has 1 fully saturated rings. The predicted octanol–water partition coefficient (Wildman–Crippen LogP) is 5.18. The minimum atomic E-state index is -0.561. The van der Waals surface area contributed by atoms with Crippen LogP contribution in [0.2, 0.25) is 0 Å². The van der Waals surface area contributed by atoms with Crippen LogP contribution < -0.4 is 9.47 Å². The lowest BCUT2D eigenvalue weighted by Gasteiger charge is -2.56. The molecule has 0 N–H and O–H groups in total. The van der Waals surface area contributed by atoms with Crippen molar-refractivity contribution >= 4 is 17.7 Å². The number of carbonyl (C=O) groups excluding carboxylic acids is 1. The maximum Gasteiger partial charge on any atom is 0.269 e. The monoisotopic (exact) mass is 462 g/mol. The number of carbonyl (C=O) groups is 1. The van der Waals surface area contributed by atoms with E-state index < -0.39 is 11.0 Å². The molecule has 0 saturated carbocycles. The van der Waals surface area contributed by atoms with Gasteiger partial charge in [-0.05, 0) is 67.5 Å². The molecular formula is C27H30N2O3S. The van der Waals surface area contributed by atoms with E-state index in [1.165, 1.54) is 11.3 Å². The number of hydrogen-bond donors (Lipinski definition) is 0. The Labute approximate surface area is 199 Å². The molecule has 2 atom stereocenters. The zero-order valence-corrected chi connectivity index (χ0v) is 20.6. The number of thioether (sulfide) groups is 1. The summed E-state index contributed by atoms with van der Waals surface area (Å²) in [6.45, 7) is 7.31. The fourth-order valence-corrected chi connectivity index (χ4v) is 6.46. The van der Waals surface area contributed by atoms with Crippen molar-refractivity contribution in [1.82, 2.24) is 9.47 Å². The first-order valence-corrected chi connectivity index (χ1v) is 12.5. The number of fused-ring (bicyclic) bond motifs is 3. The molecule has 2 aliphatic heterocycles. The highest BCUT2D eigenvalue weighted by Crippen LogP contribution is 2.56. The quantitative estimate of drug-likeness (QED) is 0.490. The van der Waals surface area contributed by atoms with Gasteiger partial charge in [-0.3, -0.25) is 4.79 Å². The number of ether oxygens (including phenoxy) is 2. The van der Waals surface area contributed by atoms with Crippen LogP contribution in [0.5, 0.6) is 11.5 Å². The molecule has 0 bridgehead atoms. The Balaban J connectivity index is 1.67. The number of amides is 1. The number of aromatic nitrogens is 1. The van der Waals surface area contributed by atoms with Crippen molar-refractivity contribution in [3.63, 3.8) is 0 Å². The Morgan fingerprint density at radius 3 is 2.36 bits per heavy atom. The lowest BCUT2D eigenvalue weighted by atomic mass is 9.87. The van der Waals surface area contributed by atoms with E-state index in [4.69, 9.17) is 9.47 Å². The highest BCUT2D eigenvalue weighted by molar-refractivity contribution is 7.99. The first-order chi connectivity index (χ1) is 15.8. The van der Waals surface area contributed by atoms with Crippen molar-refractivity contribution in [3.8, 4) is 17.2 Å². The zero-order valence-electron chi connectivity index (χ0n) is 19.8. The first kappa shape index (κ1) is 22.0. The van der Waals surface area contributed by atoms with E-state index in [1.807, 2.05) is 47.4 Å². The van der Waals surface area contributed by atoms with Crippen molar-refractivity contribution in [2.75, 3.05) is 19.9 Å². The normalized spacial score (nSPS) is 23.2. The minimum Gasteiger partial charge on any atom is -0.497 e. The highest BCUT2D eigenvalue weighted by atomic mass is 32.2. The van der Waals surface area contributed by atoms with Crippen LogP contribution in [0.15, 0.2) is 60.7 Å². The summed E-state index contributed by atoms with van der Waals surface area (Å²) in [7, 11) is 1.68. The lowest BCUT2D eigenvalue weighted by molar-refractivity contribution is -0.171. The smallest absolute Gasteiger partial charge is 0.269 e. The fraction of sp³-hybridized carbons (Fsp3) is 0.370. The van der Waals surface area contributed by atoms with Crippen molar-refractivity contribution in [2.45, 2.75) is 38.2 Å². The summed E-state index contributed by atoms with van der Waals surface area (Å²) in [6, 6.07) is 20.1. The average Bonchev–Trinajstić information content (AvgIpc) is 3.09. The fourth-order valence-electron chi connectivity index (χ4n) is 5.33. The molecule has 0 spiro atoms. The molecule has 1 saturated heterocycles. The van der Waals surface area contributed by atoms with E-state index >= 15 is 0 Å². The Hall–Kier alpha value is -2.86. The second-order valence-electron chi connectivity index (χ2n) is 9.66. The SMILES string of the molecule is COc1ccc(-n2c(C)cc3c2CC(C)(C)CN2C(=O)[C@H](Oc4ccccc4)[C@@]32SC)cc1. The molecule has 0 unspecified atom stereocenters. The molecule has 1 aromatic heterocycles. The number of nitrogens with zero attached hydrogens (tertiary/aromatic N) is 2. The second-order valence-corrected chi connectivity index (χ2v) is 10.7. The molecule has 3 heterocycles. The molecule has 0 radical (unpaired) electrons. The molecule has 5 rings (SSSR count). The van der Waals surface area contributed by atoms with Crippen LogP contribution in [0.1, 0.15) is 30.8 Å². The van der Waals surface area contributed by atoms with E-state index in [1.54, 1.807) is 18.9 Å². The molecule has 0 aliphatic carbocycles. The van der Waals surface area contributed by atoms with E-state index in [2.05, 4.69) is 49.8 Å². The predicted molar refractivity (Wildman–Crippen MR) is 132 cm³/mol. The van der Waals surface area contributed by atoms with Crippen molar-refractivity contribution in [2.24, 2.45) is 5.41 Å². The molecule has 33 heavy (non-hydrogen) atoms. The largest absolute Gasteiger partial charge is 0.497 e. The van der Waals surface area contributed by atoms with Gasteiger partial charge in [-0.25, -0.2) is 0 Å². The second kappa shape index (κ2) is 7.87. The summed E-state index contributed by atoms with van der Waals surface area (Å²) in [5, 5.41) is 0. The van der Waals surface area contributed by atoms with Gasteiger partial charge in [-0.1, -0.05) is 32.0 Å². The van der Waals surface area contributed by atoms with E-state index in [-0.39, 0.29) is 11.3 Å². The van der Waals surface area contributed by atoms with E-state index in [0.29, 0.717) is 6.54 Å². The van der Waals surface area contributed by atoms with Gasteiger partial charge in [0.25, 0.3) is 5.91 Å². The molecular weight excluding hydrogens is 432 g/mol. The Bertz CT molecular complexity index is 1190. The molecule has 6 heteroatoms. The summed E-state index contributed by atoms with van der Waals surface area (Å²) in [5.41, 5.74) is 4.59. The van der Waals surface area contributed by atoms with Gasteiger partial charge in [-0.2, -0.15) is 0 Å². The Morgan fingerprint density at radius 1 is 1.03 bits per heavy atom. The van der Waals surface area contributed by atoms with Crippen LogP contribution in [0.25, 0.3) is 5.69 Å². The number of methoxy groups -OCH3 is 1. The first-order valence-electron chi connectivity index (χ1n) is 11.3. The molecule has 2 aromatic carbocycles. The van der Waals surface area contributed by atoms with Gasteiger partial charge in [0.05, 0.1) is 7.11 Å². The third kappa shape index (κ3) is 3.34. The van der Waals surface area contributed by atoms with Gasteiger partial charge >= 0.3 is 0 Å². The van der Waals surface area contributed by atoms with Crippen molar-refractivity contribution in [1.29, 1.82) is 0 Å². The number of β-lactam (4-membered cyclic amide) rings is 1. The number of benzene rings is 2. The third-order valence-corrected chi connectivity index (χ3v) is 8.07. The van der Waals surface area contributed by atoms with Gasteiger partial charge in [0.1, 0.15) is 11.5 Å². The maximum absolute atomic E-state index is 13.4. The zero-order chi connectivity index (χ0) is 23.4. The molecule has 1 amide bonds. The number of hydrogen-bond acceptors (Lipinski definition) is 4. The van der Waals surface area contributed by atoms with Crippen LogP contribution in [0.3, 0.4) is 0 Å². The van der Waals surface area contributed by atoms with Gasteiger partial charge in [-0.15, -0.1) is 11.8 Å². The van der Waals surface area contributed by atoms with Crippen molar-refractivity contribution < 1.29 is 14.3 Å². The topological polar surface area (TPSA) is 43.7 Å². The van der Waals surface area contributed by atoms with Crippen LogP contribution in [-0.2, 0) is 16.1 Å². The summed E-state index contributed by atoms with van der Waals surface area (Å²) < 4.78 is 14.1. The molecule has 5 nitrogen and oxygen atoms in total. The number of para-hydroxylation sites is 1. The summed E-state index contributed by atoms with van der Waals surface area (Å²) in [6.07, 6.45) is 2.39. The molecule has 172 valence electrons. The Morgan fingerprint density at radius 2 is 1.73 bits per heavy atom. The average molecular weight is 463 g/mol. The number of rotatable bonds is 5. The van der Waals surface area contributed by atoms with Crippen LogP contribution in [-0.4, -0.2) is 41.4 Å². The summed E-state index contributed by atoms with van der Waals surface area (Å²) >= 11 is 1.70. The minimum absolute atomic E-state index is 0.0592. The third-order valence-electron chi connectivity index (χ3n) is 6.79. The lowest BCUT2D eigenvalue weighted by Crippen LogP contribution is -2.72. The van der Waals surface area contributed by atoms with Crippen LogP contribution >= 0.6 is 11.8 Å². The summed E-state index contributed by atoms with van der Waals surface area (Å²) in [4.78, 5) is 14.9. The van der Waals surface area contributed by atoms with Crippen LogP contribution in [0.4, 0.5) is 0 Å². The molecule has 2 aliphatic rings. The van der Waals surface area contributed by atoms with Gasteiger partial charge in [0.2, 0.25) is 6.10 Å². The van der Waals surface area contributed by atoms with Gasteiger partial charge in [0, 0.05) is 29.2 Å². The Kier molecular flexibility index (Phi) is 5.24.